The zero-order valence-electron chi connectivity index (χ0n) is 17.1. The molecule has 13 heteroatoms. The van der Waals surface area contributed by atoms with Crippen LogP contribution in [0, 0.1) is 0 Å². The molecular formula is C19H22BrN3O7S2. The van der Waals surface area contributed by atoms with E-state index in [0.29, 0.717) is 17.7 Å². The number of amides is 1. The molecule has 0 radical (unpaired) electrons. The number of ether oxygens (including phenoxy) is 2. The van der Waals surface area contributed by atoms with E-state index in [9.17, 15) is 21.6 Å². The van der Waals surface area contributed by atoms with Crippen LogP contribution in [0.15, 0.2) is 56.7 Å². The van der Waals surface area contributed by atoms with E-state index in [2.05, 4.69) is 21.4 Å². The number of hydrazine groups is 1. The van der Waals surface area contributed by atoms with Gasteiger partial charge < -0.3 is 9.47 Å². The molecule has 2 aromatic carbocycles. The molecule has 2 aromatic rings. The minimum absolute atomic E-state index is 0.0266. The van der Waals surface area contributed by atoms with Crippen LogP contribution in [0.1, 0.15) is 17.3 Å². The third kappa shape index (κ3) is 5.66. The van der Waals surface area contributed by atoms with Crippen LogP contribution in [0.3, 0.4) is 0 Å². The van der Waals surface area contributed by atoms with Crippen LogP contribution in [0.2, 0.25) is 0 Å². The molecule has 0 bridgehead atoms. The van der Waals surface area contributed by atoms with E-state index in [1.165, 1.54) is 40.7 Å². The van der Waals surface area contributed by atoms with Crippen molar-refractivity contribution in [1.82, 2.24) is 14.6 Å². The summed E-state index contributed by atoms with van der Waals surface area (Å²) in [6.07, 6.45) is 0. The van der Waals surface area contributed by atoms with Crippen LogP contribution in [-0.2, 0) is 24.8 Å². The molecule has 1 aliphatic rings. The van der Waals surface area contributed by atoms with Crippen LogP contribution in [0.4, 0.5) is 0 Å². The number of rotatable bonds is 8. The molecule has 1 fully saturated rings. The summed E-state index contributed by atoms with van der Waals surface area (Å²) in [5.41, 5.74) is 2.08. The molecule has 1 aliphatic heterocycles. The molecule has 1 heterocycles. The average molecular weight is 548 g/mol. The summed E-state index contributed by atoms with van der Waals surface area (Å²) in [5, 5.41) is 0. The summed E-state index contributed by atoms with van der Waals surface area (Å²) < 4.78 is 63.3. The first-order valence-electron chi connectivity index (χ1n) is 9.57. The van der Waals surface area contributed by atoms with Crippen molar-refractivity contribution in [3.8, 4) is 5.75 Å². The molecule has 2 N–H and O–H groups in total. The maximum atomic E-state index is 12.8. The number of benzene rings is 2. The number of halogens is 1. The summed E-state index contributed by atoms with van der Waals surface area (Å²) in [4.78, 5) is 14.3. The quantitative estimate of drug-likeness (QED) is 0.478. The average Bonchev–Trinajstić information content (AvgIpc) is 2.79. The summed E-state index contributed by atoms with van der Waals surface area (Å²) in [5.74, 6) is -0.698. The number of carbonyl (C=O) groups is 1. The largest absolute Gasteiger partial charge is 0.492 e. The van der Waals surface area contributed by atoms with Crippen LogP contribution >= 0.6 is 15.9 Å². The van der Waals surface area contributed by atoms with E-state index in [-0.39, 0.29) is 40.8 Å². The number of nitrogens with one attached hydrogen (secondary N) is 2. The fraction of sp³-hybridized carbons (Fsp3) is 0.316. The standard InChI is InChI=1S/C19H22BrN3O7S2/c1-2-30-17-7-6-15(20)13-18(17)31(25,26)22-21-19(24)14-4-3-5-16(12-14)32(27,28)23-8-10-29-11-9-23/h3-7,12-13,22H,2,8-11H2,1H3,(H,21,24). The van der Waals surface area contributed by atoms with Gasteiger partial charge in [0.25, 0.3) is 15.9 Å². The van der Waals surface area contributed by atoms with Gasteiger partial charge in [-0.2, -0.15) is 4.31 Å². The van der Waals surface area contributed by atoms with Gasteiger partial charge in [-0.3, -0.25) is 10.2 Å². The van der Waals surface area contributed by atoms with E-state index >= 15 is 0 Å². The fourth-order valence-corrected chi connectivity index (χ4v) is 5.92. The lowest BCUT2D eigenvalue weighted by Gasteiger charge is -2.26. The lowest BCUT2D eigenvalue weighted by atomic mass is 10.2. The van der Waals surface area contributed by atoms with Gasteiger partial charge in [-0.15, -0.1) is 4.83 Å². The number of nitrogens with zero attached hydrogens (tertiary/aromatic N) is 1. The Kier molecular flexibility index (Phi) is 7.90. The van der Waals surface area contributed by atoms with Crippen molar-refractivity contribution >= 4 is 41.9 Å². The molecule has 0 aromatic heterocycles. The number of hydrogen-bond acceptors (Lipinski definition) is 7. The molecule has 0 atom stereocenters. The SMILES string of the molecule is CCOc1ccc(Br)cc1S(=O)(=O)NNC(=O)c1cccc(S(=O)(=O)N2CCOCC2)c1. The predicted molar refractivity (Wildman–Crippen MR) is 119 cm³/mol. The third-order valence-corrected chi connectivity index (χ3v) is 8.15. The first-order chi connectivity index (χ1) is 15.1. The second kappa shape index (κ2) is 10.3. The molecule has 0 unspecified atom stereocenters. The molecule has 32 heavy (non-hydrogen) atoms. The molecule has 1 saturated heterocycles. The van der Waals surface area contributed by atoms with E-state index in [4.69, 9.17) is 9.47 Å². The Morgan fingerprint density at radius 3 is 2.53 bits per heavy atom. The highest BCUT2D eigenvalue weighted by Gasteiger charge is 2.27. The normalized spacial score (nSPS) is 15.3. The zero-order chi connectivity index (χ0) is 23.4. The molecule has 0 aliphatic carbocycles. The van der Waals surface area contributed by atoms with Gasteiger partial charge in [-0.1, -0.05) is 22.0 Å². The molecule has 174 valence electrons. The Hall–Kier alpha value is -2.03. The third-order valence-electron chi connectivity index (χ3n) is 4.50. The number of hydrogen-bond donors (Lipinski definition) is 2. The maximum absolute atomic E-state index is 12.8. The summed E-state index contributed by atoms with van der Waals surface area (Å²) >= 11 is 3.21. The first kappa shape index (κ1) is 24.6. The molecule has 3 rings (SSSR count). The van der Waals surface area contributed by atoms with Gasteiger partial charge in [0.05, 0.1) is 24.7 Å². The van der Waals surface area contributed by atoms with Crippen molar-refractivity contribution in [3.05, 3.63) is 52.5 Å². The highest BCUT2D eigenvalue weighted by molar-refractivity contribution is 9.10. The second-order valence-corrected chi connectivity index (χ2v) is 11.1. The Morgan fingerprint density at radius 2 is 1.84 bits per heavy atom. The van der Waals surface area contributed by atoms with Gasteiger partial charge in [0.2, 0.25) is 10.0 Å². The summed E-state index contributed by atoms with van der Waals surface area (Å²) in [6, 6.07) is 9.83. The van der Waals surface area contributed by atoms with Gasteiger partial charge in [0.1, 0.15) is 10.6 Å². The minimum atomic E-state index is -4.17. The number of carbonyl (C=O) groups excluding carboxylic acids is 1. The Labute approximate surface area is 195 Å². The smallest absolute Gasteiger partial charge is 0.266 e. The van der Waals surface area contributed by atoms with Crippen LogP contribution in [-0.4, -0.2) is 60.0 Å². The van der Waals surface area contributed by atoms with Gasteiger partial charge in [0, 0.05) is 23.1 Å². The number of sulfonamides is 2. The molecular weight excluding hydrogens is 526 g/mol. The van der Waals surface area contributed by atoms with Crippen LogP contribution in [0.25, 0.3) is 0 Å². The monoisotopic (exact) mass is 547 g/mol. The Morgan fingerprint density at radius 1 is 1.12 bits per heavy atom. The lowest BCUT2D eigenvalue weighted by molar-refractivity contribution is 0.0730. The van der Waals surface area contributed by atoms with Crippen molar-refractivity contribution in [2.75, 3.05) is 32.9 Å². The van der Waals surface area contributed by atoms with Crippen LogP contribution < -0.4 is 15.0 Å². The van der Waals surface area contributed by atoms with E-state index in [1.807, 2.05) is 4.83 Å². The van der Waals surface area contributed by atoms with Crippen molar-refractivity contribution < 1.29 is 31.1 Å². The van der Waals surface area contributed by atoms with Crippen molar-refractivity contribution in [1.29, 1.82) is 0 Å². The molecule has 10 nitrogen and oxygen atoms in total. The summed E-state index contributed by atoms with van der Waals surface area (Å²) in [6.45, 7) is 2.98. The van der Waals surface area contributed by atoms with Crippen LogP contribution in [0.5, 0.6) is 5.75 Å². The van der Waals surface area contributed by atoms with Crippen molar-refractivity contribution in [3.63, 3.8) is 0 Å². The van der Waals surface area contributed by atoms with E-state index in [1.54, 1.807) is 13.0 Å². The zero-order valence-corrected chi connectivity index (χ0v) is 20.3. The van der Waals surface area contributed by atoms with Gasteiger partial charge in [0.15, 0.2) is 0 Å². The molecule has 0 spiro atoms. The Bertz CT molecular complexity index is 1200. The Balaban J connectivity index is 1.77. The lowest BCUT2D eigenvalue weighted by Crippen LogP contribution is -2.42. The van der Waals surface area contributed by atoms with Crippen molar-refractivity contribution in [2.24, 2.45) is 0 Å². The van der Waals surface area contributed by atoms with Gasteiger partial charge >= 0.3 is 0 Å². The van der Waals surface area contributed by atoms with Gasteiger partial charge in [-0.05, 0) is 43.3 Å². The minimum Gasteiger partial charge on any atom is -0.492 e. The summed E-state index contributed by atoms with van der Waals surface area (Å²) in [7, 11) is -7.98. The predicted octanol–water partition coefficient (Wildman–Crippen LogP) is 1.49. The number of morpholine rings is 1. The fourth-order valence-electron chi connectivity index (χ4n) is 2.94. The van der Waals surface area contributed by atoms with Gasteiger partial charge in [-0.25, -0.2) is 16.8 Å². The molecule has 0 saturated carbocycles. The molecule has 1 amide bonds. The van der Waals surface area contributed by atoms with E-state index in [0.717, 1.165) is 0 Å². The highest BCUT2D eigenvalue weighted by Crippen LogP contribution is 2.27. The topological polar surface area (TPSA) is 131 Å². The van der Waals surface area contributed by atoms with Crippen molar-refractivity contribution in [2.45, 2.75) is 16.7 Å². The highest BCUT2D eigenvalue weighted by atomic mass is 79.9. The van der Waals surface area contributed by atoms with E-state index < -0.39 is 26.0 Å². The maximum Gasteiger partial charge on any atom is 0.266 e. The second-order valence-electron chi connectivity index (χ2n) is 6.63. The first-order valence-corrected chi connectivity index (χ1v) is 13.3.